The highest BCUT2D eigenvalue weighted by Crippen LogP contribution is 2.20. The standard InChI is InChI=1S/C19H29ClN4O/c1-16(19(25)21-8-11-22-9-2-3-10-22)23-12-14-24(15-13-23)18-6-4-17(20)5-7-18/h4-7,16H,2-3,8-15H2,1H3,(H,21,25). The number of hydrogen-bond acceptors (Lipinski definition) is 4. The Labute approximate surface area is 155 Å². The smallest absolute Gasteiger partial charge is 0.237 e. The number of likely N-dealkylation sites (tertiary alicyclic amines) is 1. The molecule has 0 saturated carbocycles. The minimum Gasteiger partial charge on any atom is -0.369 e. The summed E-state index contributed by atoms with van der Waals surface area (Å²) in [5.74, 6) is 0.152. The minimum atomic E-state index is -0.0639. The van der Waals surface area contributed by atoms with E-state index in [-0.39, 0.29) is 11.9 Å². The van der Waals surface area contributed by atoms with E-state index in [0.717, 1.165) is 44.3 Å². The second-order valence-corrected chi connectivity index (χ2v) is 7.45. The monoisotopic (exact) mass is 364 g/mol. The number of halogens is 1. The van der Waals surface area contributed by atoms with Gasteiger partial charge >= 0.3 is 0 Å². The predicted octanol–water partition coefficient (Wildman–Crippen LogP) is 2.06. The zero-order valence-corrected chi connectivity index (χ0v) is 15.8. The Bertz CT molecular complexity index is 551. The summed E-state index contributed by atoms with van der Waals surface area (Å²) in [6, 6.07) is 7.92. The number of piperazine rings is 1. The number of amides is 1. The lowest BCUT2D eigenvalue weighted by molar-refractivity contribution is -0.126. The van der Waals surface area contributed by atoms with Crippen molar-refractivity contribution in [1.82, 2.24) is 15.1 Å². The summed E-state index contributed by atoms with van der Waals surface area (Å²) in [5.41, 5.74) is 1.20. The van der Waals surface area contributed by atoms with E-state index in [9.17, 15) is 4.79 Å². The quantitative estimate of drug-likeness (QED) is 0.838. The summed E-state index contributed by atoms with van der Waals surface area (Å²) < 4.78 is 0. The van der Waals surface area contributed by atoms with Crippen molar-refractivity contribution in [3.8, 4) is 0 Å². The summed E-state index contributed by atoms with van der Waals surface area (Å²) >= 11 is 5.96. The van der Waals surface area contributed by atoms with Crippen LogP contribution in [0.1, 0.15) is 19.8 Å². The zero-order valence-electron chi connectivity index (χ0n) is 15.1. The van der Waals surface area contributed by atoms with Crippen LogP contribution in [0.2, 0.25) is 5.02 Å². The maximum Gasteiger partial charge on any atom is 0.237 e. The fourth-order valence-corrected chi connectivity index (χ4v) is 3.80. The first kappa shape index (κ1) is 18.5. The Morgan fingerprint density at radius 2 is 1.72 bits per heavy atom. The van der Waals surface area contributed by atoms with Gasteiger partial charge in [0.15, 0.2) is 0 Å². The van der Waals surface area contributed by atoms with Crippen LogP contribution >= 0.6 is 11.6 Å². The molecule has 2 aliphatic rings. The van der Waals surface area contributed by atoms with Crippen LogP contribution in [-0.2, 0) is 4.79 Å². The molecule has 138 valence electrons. The minimum absolute atomic E-state index is 0.0639. The van der Waals surface area contributed by atoms with Gasteiger partial charge in [0.05, 0.1) is 6.04 Å². The summed E-state index contributed by atoms with van der Waals surface area (Å²) in [6.45, 7) is 9.79. The fraction of sp³-hybridized carbons (Fsp3) is 0.632. The number of carbonyl (C=O) groups is 1. The lowest BCUT2D eigenvalue weighted by atomic mass is 10.2. The number of anilines is 1. The highest BCUT2D eigenvalue weighted by molar-refractivity contribution is 6.30. The Morgan fingerprint density at radius 1 is 1.08 bits per heavy atom. The highest BCUT2D eigenvalue weighted by Gasteiger charge is 2.25. The number of benzene rings is 1. The summed E-state index contributed by atoms with van der Waals surface area (Å²) in [5, 5.41) is 3.87. The van der Waals surface area contributed by atoms with Crippen molar-refractivity contribution in [3.05, 3.63) is 29.3 Å². The SMILES string of the molecule is CC(C(=O)NCCN1CCCC1)N1CCN(c2ccc(Cl)cc2)CC1. The van der Waals surface area contributed by atoms with Gasteiger partial charge in [-0.15, -0.1) is 0 Å². The molecule has 25 heavy (non-hydrogen) atoms. The van der Waals surface area contributed by atoms with Gasteiger partial charge in [0, 0.05) is 50.0 Å². The summed E-state index contributed by atoms with van der Waals surface area (Å²) in [7, 11) is 0. The van der Waals surface area contributed by atoms with E-state index in [4.69, 9.17) is 11.6 Å². The van der Waals surface area contributed by atoms with Gasteiger partial charge in [-0.3, -0.25) is 9.69 Å². The van der Waals surface area contributed by atoms with E-state index in [1.807, 2.05) is 19.1 Å². The number of rotatable bonds is 6. The molecule has 1 aromatic carbocycles. The first-order valence-corrected chi connectivity index (χ1v) is 9.76. The van der Waals surface area contributed by atoms with Crippen LogP contribution in [-0.4, -0.2) is 74.1 Å². The van der Waals surface area contributed by atoms with Crippen LogP contribution in [0.4, 0.5) is 5.69 Å². The van der Waals surface area contributed by atoms with Crippen LogP contribution < -0.4 is 10.2 Å². The van der Waals surface area contributed by atoms with Crippen LogP contribution in [0, 0.1) is 0 Å². The normalized spacial score (nSPS) is 20.6. The molecule has 0 radical (unpaired) electrons. The number of nitrogens with one attached hydrogen (secondary N) is 1. The first-order chi connectivity index (χ1) is 12.1. The molecule has 3 rings (SSSR count). The molecule has 2 aliphatic heterocycles. The van der Waals surface area contributed by atoms with E-state index in [2.05, 4.69) is 32.1 Å². The van der Waals surface area contributed by atoms with Crippen molar-refractivity contribution in [3.63, 3.8) is 0 Å². The van der Waals surface area contributed by atoms with E-state index in [1.54, 1.807) is 0 Å². The number of hydrogen-bond donors (Lipinski definition) is 1. The van der Waals surface area contributed by atoms with Crippen molar-refractivity contribution in [2.75, 3.05) is 57.3 Å². The van der Waals surface area contributed by atoms with Crippen molar-refractivity contribution < 1.29 is 4.79 Å². The molecular weight excluding hydrogens is 336 g/mol. The predicted molar refractivity (Wildman–Crippen MR) is 103 cm³/mol. The largest absolute Gasteiger partial charge is 0.369 e. The number of carbonyl (C=O) groups excluding carboxylic acids is 1. The van der Waals surface area contributed by atoms with Gasteiger partial charge in [-0.25, -0.2) is 0 Å². The molecule has 1 atom stereocenters. The van der Waals surface area contributed by atoms with Gasteiger partial charge in [0.2, 0.25) is 5.91 Å². The van der Waals surface area contributed by atoms with Crippen LogP contribution in [0.15, 0.2) is 24.3 Å². The van der Waals surface area contributed by atoms with E-state index in [0.29, 0.717) is 0 Å². The van der Waals surface area contributed by atoms with Crippen LogP contribution in [0.3, 0.4) is 0 Å². The molecule has 0 aliphatic carbocycles. The molecule has 2 saturated heterocycles. The molecule has 2 heterocycles. The molecule has 1 unspecified atom stereocenters. The molecule has 2 fully saturated rings. The van der Waals surface area contributed by atoms with Gasteiger partial charge in [0.1, 0.15) is 0 Å². The lowest BCUT2D eigenvalue weighted by Crippen LogP contribution is -2.54. The molecular formula is C19H29ClN4O. The molecule has 5 nitrogen and oxygen atoms in total. The lowest BCUT2D eigenvalue weighted by Gasteiger charge is -2.38. The average molecular weight is 365 g/mol. The molecule has 0 spiro atoms. The average Bonchev–Trinajstić information content (AvgIpc) is 3.15. The second kappa shape index (κ2) is 8.88. The van der Waals surface area contributed by atoms with Crippen molar-refractivity contribution in [2.24, 2.45) is 0 Å². The first-order valence-electron chi connectivity index (χ1n) is 9.38. The van der Waals surface area contributed by atoms with E-state index in [1.165, 1.54) is 31.6 Å². The van der Waals surface area contributed by atoms with Crippen molar-refractivity contribution >= 4 is 23.2 Å². The van der Waals surface area contributed by atoms with Crippen LogP contribution in [0.5, 0.6) is 0 Å². The Morgan fingerprint density at radius 3 is 2.36 bits per heavy atom. The highest BCUT2D eigenvalue weighted by atomic mass is 35.5. The van der Waals surface area contributed by atoms with Crippen molar-refractivity contribution in [2.45, 2.75) is 25.8 Å². The van der Waals surface area contributed by atoms with Crippen LogP contribution in [0.25, 0.3) is 0 Å². The Balaban J connectivity index is 1.40. The van der Waals surface area contributed by atoms with Gasteiger partial charge in [-0.05, 0) is 57.1 Å². The maximum absolute atomic E-state index is 12.4. The number of nitrogens with zero attached hydrogens (tertiary/aromatic N) is 3. The summed E-state index contributed by atoms with van der Waals surface area (Å²) in [4.78, 5) is 19.5. The van der Waals surface area contributed by atoms with Gasteiger partial charge in [-0.1, -0.05) is 11.6 Å². The fourth-order valence-electron chi connectivity index (χ4n) is 3.68. The van der Waals surface area contributed by atoms with Gasteiger partial charge in [-0.2, -0.15) is 0 Å². The van der Waals surface area contributed by atoms with Gasteiger partial charge in [0.25, 0.3) is 0 Å². The zero-order chi connectivity index (χ0) is 17.6. The summed E-state index contributed by atoms with van der Waals surface area (Å²) in [6.07, 6.45) is 2.59. The molecule has 0 aromatic heterocycles. The molecule has 1 amide bonds. The van der Waals surface area contributed by atoms with E-state index >= 15 is 0 Å². The molecule has 0 bridgehead atoms. The van der Waals surface area contributed by atoms with E-state index < -0.39 is 0 Å². The topological polar surface area (TPSA) is 38.8 Å². The third-order valence-corrected chi connectivity index (χ3v) is 5.61. The third kappa shape index (κ3) is 5.09. The Hall–Kier alpha value is -1.30. The molecule has 1 N–H and O–H groups in total. The van der Waals surface area contributed by atoms with Gasteiger partial charge < -0.3 is 15.1 Å². The Kier molecular flexibility index (Phi) is 6.57. The molecule has 6 heteroatoms. The maximum atomic E-state index is 12.4. The third-order valence-electron chi connectivity index (χ3n) is 5.36. The second-order valence-electron chi connectivity index (χ2n) is 7.02. The van der Waals surface area contributed by atoms with Crippen molar-refractivity contribution in [1.29, 1.82) is 0 Å². The molecule has 1 aromatic rings.